The summed E-state index contributed by atoms with van der Waals surface area (Å²) in [5.41, 5.74) is 3.30. The summed E-state index contributed by atoms with van der Waals surface area (Å²) in [5, 5.41) is 0. The molecule has 0 N–H and O–H groups in total. The molecule has 2 aromatic rings. The Kier molecular flexibility index (Phi) is 1.53. The topological polar surface area (TPSA) is 22.1 Å². The zero-order valence-electron chi connectivity index (χ0n) is 7.60. The van der Waals surface area contributed by atoms with Crippen molar-refractivity contribution in [1.29, 1.82) is 0 Å². The van der Waals surface area contributed by atoms with Crippen molar-refractivity contribution in [2.24, 2.45) is 0 Å². The minimum absolute atomic E-state index is 0.625. The summed E-state index contributed by atoms with van der Waals surface area (Å²) in [6.07, 6.45) is 1.82. The lowest BCUT2D eigenvalue weighted by Gasteiger charge is -2.18. The maximum Gasteiger partial charge on any atom is 0.129 e. The summed E-state index contributed by atoms with van der Waals surface area (Å²) >= 11 is 0. The number of rotatable bonds is 0. The molecule has 2 heterocycles. The molecule has 2 nitrogen and oxygen atoms in total. The summed E-state index contributed by atoms with van der Waals surface area (Å²) in [6, 6.07) is 12.0. The van der Waals surface area contributed by atoms with E-state index in [1.165, 1.54) is 0 Å². The molecule has 2 heteroatoms. The molecule has 1 aliphatic rings. The summed E-state index contributed by atoms with van der Waals surface area (Å²) < 4.78 is 5.61. The molecule has 0 atom stereocenters. The quantitative estimate of drug-likeness (QED) is 0.626. The van der Waals surface area contributed by atoms with Crippen molar-refractivity contribution in [1.82, 2.24) is 4.98 Å². The second-order valence-electron chi connectivity index (χ2n) is 3.30. The number of ether oxygens (including phenoxy) is 1. The van der Waals surface area contributed by atoms with Gasteiger partial charge in [0.2, 0.25) is 0 Å². The van der Waals surface area contributed by atoms with Crippen LogP contribution in [0.3, 0.4) is 0 Å². The highest BCUT2D eigenvalue weighted by atomic mass is 16.5. The van der Waals surface area contributed by atoms with E-state index in [0.717, 1.165) is 22.6 Å². The summed E-state index contributed by atoms with van der Waals surface area (Å²) in [4.78, 5) is 4.38. The second kappa shape index (κ2) is 2.84. The van der Waals surface area contributed by atoms with Crippen LogP contribution in [-0.2, 0) is 6.61 Å². The average molecular weight is 183 g/mol. The Balaban J connectivity index is 2.29. The van der Waals surface area contributed by atoms with Gasteiger partial charge in [0.05, 0.1) is 5.69 Å². The smallest absolute Gasteiger partial charge is 0.129 e. The van der Waals surface area contributed by atoms with E-state index in [0.29, 0.717) is 6.61 Å². The highest BCUT2D eigenvalue weighted by molar-refractivity contribution is 5.71. The van der Waals surface area contributed by atoms with Crippen LogP contribution < -0.4 is 4.74 Å². The van der Waals surface area contributed by atoms with Gasteiger partial charge in [-0.25, -0.2) is 0 Å². The van der Waals surface area contributed by atoms with Gasteiger partial charge in [0, 0.05) is 17.3 Å². The first kappa shape index (κ1) is 7.56. The number of aromatic nitrogens is 1. The van der Waals surface area contributed by atoms with Gasteiger partial charge in [0.25, 0.3) is 0 Å². The maximum atomic E-state index is 5.61. The monoisotopic (exact) mass is 183 g/mol. The van der Waals surface area contributed by atoms with Gasteiger partial charge in [0.15, 0.2) is 0 Å². The molecule has 0 radical (unpaired) electrons. The van der Waals surface area contributed by atoms with Crippen LogP contribution in [0, 0.1) is 0 Å². The van der Waals surface area contributed by atoms with Gasteiger partial charge in [-0.2, -0.15) is 0 Å². The molecule has 1 aromatic heterocycles. The van der Waals surface area contributed by atoms with E-state index in [1.54, 1.807) is 0 Å². The van der Waals surface area contributed by atoms with Crippen LogP contribution in [0.1, 0.15) is 5.56 Å². The first-order valence-electron chi connectivity index (χ1n) is 4.61. The van der Waals surface area contributed by atoms with E-state index in [4.69, 9.17) is 4.74 Å². The Morgan fingerprint density at radius 2 is 2.00 bits per heavy atom. The van der Waals surface area contributed by atoms with Crippen LogP contribution in [0.25, 0.3) is 11.3 Å². The van der Waals surface area contributed by atoms with Crippen LogP contribution >= 0.6 is 0 Å². The Bertz CT molecular complexity index is 434. The van der Waals surface area contributed by atoms with Gasteiger partial charge >= 0.3 is 0 Å². The molecule has 1 aromatic carbocycles. The van der Waals surface area contributed by atoms with Crippen LogP contribution in [0.4, 0.5) is 0 Å². The maximum absolute atomic E-state index is 5.61. The van der Waals surface area contributed by atoms with Crippen molar-refractivity contribution >= 4 is 0 Å². The van der Waals surface area contributed by atoms with Crippen molar-refractivity contribution < 1.29 is 4.74 Å². The van der Waals surface area contributed by atoms with E-state index in [-0.39, 0.29) is 0 Å². The predicted octanol–water partition coefficient (Wildman–Crippen LogP) is 2.64. The van der Waals surface area contributed by atoms with Gasteiger partial charge in [-0.05, 0) is 18.2 Å². The Morgan fingerprint density at radius 1 is 1.07 bits per heavy atom. The van der Waals surface area contributed by atoms with Gasteiger partial charge < -0.3 is 4.74 Å². The molecule has 0 amide bonds. The molecule has 68 valence electrons. The molecular weight excluding hydrogens is 174 g/mol. The fraction of sp³-hybridized carbons (Fsp3) is 0.0833. The average Bonchev–Trinajstić information content (AvgIpc) is 2.29. The molecule has 0 saturated heterocycles. The number of nitrogens with zero attached hydrogens (tertiary/aromatic N) is 1. The van der Waals surface area contributed by atoms with Gasteiger partial charge in [-0.1, -0.05) is 18.2 Å². The third kappa shape index (κ3) is 1.01. The fourth-order valence-corrected chi connectivity index (χ4v) is 1.74. The van der Waals surface area contributed by atoms with E-state index in [2.05, 4.69) is 11.1 Å². The Hall–Kier alpha value is -1.83. The predicted molar refractivity (Wildman–Crippen MR) is 54.0 cm³/mol. The van der Waals surface area contributed by atoms with E-state index >= 15 is 0 Å². The second-order valence-corrected chi connectivity index (χ2v) is 3.30. The van der Waals surface area contributed by atoms with Crippen molar-refractivity contribution in [3.8, 4) is 17.0 Å². The van der Waals surface area contributed by atoms with E-state index in [9.17, 15) is 0 Å². The van der Waals surface area contributed by atoms with E-state index < -0.39 is 0 Å². The summed E-state index contributed by atoms with van der Waals surface area (Å²) in [7, 11) is 0. The minimum Gasteiger partial charge on any atom is -0.488 e. The highest BCUT2D eigenvalue weighted by Gasteiger charge is 2.16. The molecule has 1 aliphatic heterocycles. The fourth-order valence-electron chi connectivity index (χ4n) is 1.74. The van der Waals surface area contributed by atoms with Crippen LogP contribution in [0.5, 0.6) is 5.75 Å². The lowest BCUT2D eigenvalue weighted by Crippen LogP contribution is -2.06. The number of hydrogen-bond acceptors (Lipinski definition) is 2. The third-order valence-electron chi connectivity index (χ3n) is 2.42. The SMILES string of the molecule is c1cnc2c(c1)COc1ccccc1-2. The van der Waals surface area contributed by atoms with Crippen LogP contribution in [-0.4, -0.2) is 4.98 Å². The standard InChI is InChI=1S/C12H9NO/c1-2-6-11-10(5-1)12-9(8-14-11)4-3-7-13-12/h1-7H,8H2. The molecule has 0 spiro atoms. The van der Waals surface area contributed by atoms with Gasteiger partial charge in [0.1, 0.15) is 12.4 Å². The zero-order chi connectivity index (χ0) is 9.38. The van der Waals surface area contributed by atoms with Crippen LogP contribution in [0.15, 0.2) is 42.6 Å². The van der Waals surface area contributed by atoms with Gasteiger partial charge in [-0.15, -0.1) is 0 Å². The third-order valence-corrected chi connectivity index (χ3v) is 2.42. The van der Waals surface area contributed by atoms with Gasteiger partial charge in [-0.3, -0.25) is 4.98 Å². The van der Waals surface area contributed by atoms with Crippen molar-refractivity contribution in [2.75, 3.05) is 0 Å². The molecule has 0 saturated carbocycles. The molecule has 0 bridgehead atoms. The molecule has 0 fully saturated rings. The molecule has 3 rings (SSSR count). The lowest BCUT2D eigenvalue weighted by molar-refractivity contribution is 0.301. The number of pyridine rings is 1. The zero-order valence-corrected chi connectivity index (χ0v) is 7.60. The van der Waals surface area contributed by atoms with Crippen molar-refractivity contribution in [3.63, 3.8) is 0 Å². The highest BCUT2D eigenvalue weighted by Crippen LogP contribution is 2.35. The summed E-state index contributed by atoms with van der Waals surface area (Å²) in [6.45, 7) is 0.625. The minimum atomic E-state index is 0.625. The Labute approximate surface area is 82.2 Å². The molecular formula is C12H9NO. The Morgan fingerprint density at radius 3 is 3.00 bits per heavy atom. The molecule has 0 aliphatic carbocycles. The number of fused-ring (bicyclic) bond motifs is 3. The normalized spacial score (nSPS) is 12.6. The number of hydrogen-bond donors (Lipinski definition) is 0. The lowest BCUT2D eigenvalue weighted by atomic mass is 10.0. The van der Waals surface area contributed by atoms with Crippen LogP contribution in [0.2, 0.25) is 0 Å². The van der Waals surface area contributed by atoms with Crippen molar-refractivity contribution in [3.05, 3.63) is 48.2 Å². The summed E-state index contributed by atoms with van der Waals surface area (Å²) in [5.74, 6) is 0.929. The van der Waals surface area contributed by atoms with E-state index in [1.807, 2.05) is 36.5 Å². The molecule has 14 heavy (non-hydrogen) atoms. The first-order chi connectivity index (χ1) is 6.95. The number of para-hydroxylation sites is 1. The largest absolute Gasteiger partial charge is 0.488 e. The van der Waals surface area contributed by atoms with Crippen molar-refractivity contribution in [2.45, 2.75) is 6.61 Å². The number of benzene rings is 1. The molecule has 0 unspecified atom stereocenters. The first-order valence-corrected chi connectivity index (χ1v) is 4.61.